The smallest absolute Gasteiger partial charge is 0.337 e. The largest absolute Gasteiger partial charge is 1.00 e. The standard InChI is InChI=1S/C49H72N5O4.2BrH/c1-3-5-7-9-11-13-15-17-19-24-34-57-48(55)46-43(38-53-32-26-30-41(50)36-53)52-44(39-54-33-27-31-42(51)37-54)47(45(46)40-28-22-21-23-29-40)49(56)58-35-25-20-18-16-14-12-10-8-6-4-2;;/h21-23,26-33,36-37,45H,3-20,24-25,34-35,38-39,50-51H2,1-2H3;2*1H/q+1;;/p-1. The zero-order valence-electron chi connectivity index (χ0n) is 36.5. The van der Waals surface area contributed by atoms with Crippen LogP contribution in [0, 0.1) is 0 Å². The molecule has 0 spiro atoms. The molecule has 11 heteroatoms. The molecule has 1 aliphatic heterocycles. The van der Waals surface area contributed by atoms with E-state index in [1.54, 1.807) is 0 Å². The molecule has 1 aromatic carbocycles. The second-order valence-electron chi connectivity index (χ2n) is 16.0. The number of esters is 2. The van der Waals surface area contributed by atoms with Gasteiger partial charge in [0.25, 0.3) is 0 Å². The van der Waals surface area contributed by atoms with Crippen LogP contribution in [0.2, 0.25) is 0 Å². The molecule has 4 rings (SSSR count). The number of anilines is 2. The van der Waals surface area contributed by atoms with Crippen molar-refractivity contribution in [2.24, 2.45) is 0 Å². The van der Waals surface area contributed by atoms with E-state index in [9.17, 15) is 9.59 Å². The van der Waals surface area contributed by atoms with Crippen LogP contribution < -0.4 is 59.9 Å². The number of ether oxygens (including phenoxy) is 2. The van der Waals surface area contributed by atoms with Crippen molar-refractivity contribution in [2.45, 2.75) is 161 Å². The molecular formula is C49H73Br2N5O4. The zero-order valence-corrected chi connectivity index (χ0v) is 39.7. The normalized spacial score (nSPS) is 12.7. The summed E-state index contributed by atoms with van der Waals surface area (Å²) in [7, 11) is 0. The minimum absolute atomic E-state index is 0. The van der Waals surface area contributed by atoms with E-state index in [2.05, 4.69) is 19.2 Å². The van der Waals surface area contributed by atoms with Crippen LogP contribution in [-0.2, 0) is 32.2 Å². The topological polar surface area (TPSA) is 124 Å². The van der Waals surface area contributed by atoms with Gasteiger partial charge in [0, 0.05) is 12.1 Å². The van der Waals surface area contributed by atoms with Gasteiger partial charge in [0.1, 0.15) is 0 Å². The number of hydrogen-bond donors (Lipinski definition) is 3. The fourth-order valence-corrected chi connectivity index (χ4v) is 7.83. The number of carbonyl (C=O) groups is 2. The molecule has 332 valence electrons. The Morgan fingerprint density at radius 3 is 1.27 bits per heavy atom. The molecule has 0 bridgehead atoms. The molecule has 0 amide bonds. The molecule has 0 radical (unpaired) electrons. The number of nitrogens with one attached hydrogen (secondary N) is 1. The van der Waals surface area contributed by atoms with Gasteiger partial charge in [-0.25, -0.2) is 9.59 Å². The molecule has 2 aromatic heterocycles. The molecule has 9 nitrogen and oxygen atoms in total. The van der Waals surface area contributed by atoms with Crippen molar-refractivity contribution in [1.82, 2.24) is 5.32 Å². The first-order valence-corrected chi connectivity index (χ1v) is 22.5. The van der Waals surface area contributed by atoms with Gasteiger partial charge in [-0.15, -0.1) is 0 Å². The number of benzene rings is 1. The van der Waals surface area contributed by atoms with Gasteiger partial charge in [-0.05, 0) is 30.5 Å². The number of nitrogen functional groups attached to an aromatic ring is 2. The van der Waals surface area contributed by atoms with Gasteiger partial charge in [0.2, 0.25) is 0 Å². The number of nitrogens with zero attached hydrogens (tertiary/aromatic N) is 2. The van der Waals surface area contributed by atoms with Crippen LogP contribution in [0.5, 0.6) is 0 Å². The Bertz CT molecular complexity index is 1630. The second kappa shape index (κ2) is 31.2. The maximum absolute atomic E-state index is 14.5. The number of aromatic nitrogens is 2. The van der Waals surface area contributed by atoms with Crippen molar-refractivity contribution in [2.75, 3.05) is 24.7 Å². The molecule has 3 aromatic rings. The number of halogens is 2. The summed E-state index contributed by atoms with van der Waals surface area (Å²) in [6.45, 7) is 5.74. The highest BCUT2D eigenvalue weighted by molar-refractivity contribution is 6.00. The first-order chi connectivity index (χ1) is 28.4. The second-order valence-corrected chi connectivity index (χ2v) is 16.0. The van der Waals surface area contributed by atoms with Crippen LogP contribution in [0.1, 0.15) is 154 Å². The molecule has 0 fully saturated rings. The Kier molecular flexibility index (Phi) is 27.3. The van der Waals surface area contributed by atoms with Gasteiger partial charge >= 0.3 is 11.9 Å². The number of nitrogens with two attached hydrogens (primary N) is 2. The van der Waals surface area contributed by atoms with E-state index in [-0.39, 0.29) is 34.0 Å². The number of rotatable bonds is 29. The number of hydrogen-bond acceptors (Lipinski definition) is 7. The van der Waals surface area contributed by atoms with E-state index in [0.717, 1.165) is 44.1 Å². The Morgan fingerprint density at radius 1 is 0.533 bits per heavy atom. The number of dihydropyridines is 1. The van der Waals surface area contributed by atoms with Crippen molar-refractivity contribution < 1.29 is 62.2 Å². The summed E-state index contributed by atoms with van der Waals surface area (Å²) in [6, 6.07) is 17.2. The molecule has 0 saturated heterocycles. The van der Waals surface area contributed by atoms with Gasteiger partial charge in [0.15, 0.2) is 37.9 Å². The predicted molar refractivity (Wildman–Crippen MR) is 234 cm³/mol. The van der Waals surface area contributed by atoms with Crippen molar-refractivity contribution in [1.29, 1.82) is 0 Å². The van der Waals surface area contributed by atoms with E-state index in [4.69, 9.17) is 20.9 Å². The molecule has 60 heavy (non-hydrogen) atoms. The summed E-state index contributed by atoms with van der Waals surface area (Å²) in [5.74, 6) is -1.60. The van der Waals surface area contributed by atoms with Gasteiger partial charge < -0.3 is 60.2 Å². The quantitative estimate of drug-likeness (QED) is 0.0548. The molecule has 1 aliphatic rings. The fraction of sp³-hybridized carbons (Fsp3) is 0.551. The maximum Gasteiger partial charge on any atom is 0.337 e. The summed E-state index contributed by atoms with van der Waals surface area (Å²) >= 11 is 0. The van der Waals surface area contributed by atoms with E-state index >= 15 is 0 Å². The number of carbonyl (C=O) groups excluding carboxylic acids is 2. The molecule has 0 saturated carbocycles. The highest BCUT2D eigenvalue weighted by Crippen LogP contribution is 2.40. The molecule has 0 unspecified atom stereocenters. The third kappa shape index (κ3) is 18.9. The van der Waals surface area contributed by atoms with Crippen molar-refractivity contribution >= 4 is 23.3 Å². The van der Waals surface area contributed by atoms with Crippen LogP contribution in [0.25, 0.3) is 0 Å². The van der Waals surface area contributed by atoms with Gasteiger partial charge in [-0.1, -0.05) is 160 Å². The number of unbranched alkanes of at least 4 members (excludes halogenated alkanes) is 18. The maximum atomic E-state index is 14.5. The summed E-state index contributed by atoms with van der Waals surface area (Å²) in [4.78, 5) is 29.0. The van der Waals surface area contributed by atoms with Crippen molar-refractivity contribution in [3.05, 3.63) is 107 Å². The zero-order chi connectivity index (χ0) is 41.2. The molecule has 0 atom stereocenters. The van der Waals surface area contributed by atoms with E-state index in [0.29, 0.717) is 60.2 Å². The Balaban J connectivity index is 0.00000620. The monoisotopic (exact) mass is 953 g/mol. The SMILES string of the molecule is CCCCCCCCCCCCOC(=O)C1=C(C[n+]2cccc(N)c2)NC(C[n+]2cccc(N)c2)=C(C(=O)OCCCCCCCCCCCC)C1c1ccccc1.[Br-].[Br-]. The molecule has 5 N–H and O–H groups in total. The van der Waals surface area contributed by atoms with Crippen LogP contribution in [0.3, 0.4) is 0 Å². The third-order valence-corrected chi connectivity index (χ3v) is 11.0. The van der Waals surface area contributed by atoms with Crippen LogP contribution in [-0.4, -0.2) is 25.2 Å². The van der Waals surface area contributed by atoms with E-state index in [1.807, 2.05) is 88.5 Å². The molecular weight excluding hydrogens is 882 g/mol. The minimum atomic E-state index is -0.726. The lowest BCUT2D eigenvalue weighted by Gasteiger charge is -2.31. The van der Waals surface area contributed by atoms with Gasteiger partial charge in [-0.2, -0.15) is 9.13 Å². The average Bonchev–Trinajstić information content (AvgIpc) is 3.22. The Hall–Kier alpha value is -3.70. The van der Waals surface area contributed by atoms with E-state index < -0.39 is 17.9 Å². The lowest BCUT2D eigenvalue weighted by molar-refractivity contribution is -0.691. The van der Waals surface area contributed by atoms with Crippen molar-refractivity contribution in [3.63, 3.8) is 0 Å². The summed E-state index contributed by atoms with van der Waals surface area (Å²) in [6.07, 6.45) is 31.3. The molecule has 0 aliphatic carbocycles. The molecule has 3 heterocycles. The highest BCUT2D eigenvalue weighted by atomic mass is 79.9. The van der Waals surface area contributed by atoms with Crippen LogP contribution in [0.15, 0.2) is 102 Å². The van der Waals surface area contributed by atoms with Crippen molar-refractivity contribution in [3.8, 4) is 0 Å². The van der Waals surface area contributed by atoms with Crippen LogP contribution >= 0.6 is 0 Å². The number of pyridine rings is 2. The van der Waals surface area contributed by atoms with E-state index in [1.165, 1.54) is 89.9 Å². The Labute approximate surface area is 382 Å². The summed E-state index contributed by atoms with van der Waals surface area (Å²) in [5, 5.41) is 3.57. The third-order valence-electron chi connectivity index (χ3n) is 11.0. The highest BCUT2D eigenvalue weighted by Gasteiger charge is 2.42. The van der Waals surface area contributed by atoms with Gasteiger partial charge in [-0.3, -0.25) is 0 Å². The summed E-state index contributed by atoms with van der Waals surface area (Å²) in [5.41, 5.74) is 16.5. The van der Waals surface area contributed by atoms with Crippen LogP contribution in [0.4, 0.5) is 11.4 Å². The first-order valence-electron chi connectivity index (χ1n) is 22.5. The average molecular weight is 956 g/mol. The van der Waals surface area contributed by atoms with Gasteiger partial charge in [0.05, 0.1) is 53.0 Å². The first kappa shape index (κ1) is 52.4. The number of allylic oxidation sites excluding steroid dienone is 2. The Morgan fingerprint density at radius 2 is 0.900 bits per heavy atom. The lowest BCUT2D eigenvalue weighted by atomic mass is 9.80. The minimum Gasteiger partial charge on any atom is -1.00 e. The fourth-order valence-electron chi connectivity index (χ4n) is 7.83. The predicted octanol–water partition coefficient (Wildman–Crippen LogP) is 3.96. The lowest BCUT2D eigenvalue weighted by Crippen LogP contribution is -3.00. The summed E-state index contributed by atoms with van der Waals surface area (Å²) < 4.78 is 16.1.